The van der Waals surface area contributed by atoms with Gasteiger partial charge in [0.05, 0.1) is 16.6 Å². The fraction of sp³-hybridized carbons (Fsp3) is 0.263. The summed E-state index contributed by atoms with van der Waals surface area (Å²) in [6, 6.07) is 12.6. The summed E-state index contributed by atoms with van der Waals surface area (Å²) in [6.07, 6.45) is 0.979. The van der Waals surface area contributed by atoms with E-state index in [-0.39, 0.29) is 18.2 Å². The maximum absolute atomic E-state index is 12.6. The number of anilines is 2. The number of benzene rings is 2. The highest BCUT2D eigenvalue weighted by atomic mass is 35.5. The molecule has 0 bridgehead atoms. The van der Waals surface area contributed by atoms with Crippen LogP contribution in [0.1, 0.15) is 18.9 Å². The van der Waals surface area contributed by atoms with Gasteiger partial charge < -0.3 is 10.2 Å². The topological polar surface area (TPSA) is 49.4 Å². The van der Waals surface area contributed by atoms with Crippen molar-refractivity contribution in [2.75, 3.05) is 16.8 Å². The molecule has 2 aromatic carbocycles. The van der Waals surface area contributed by atoms with Crippen LogP contribution in [-0.4, -0.2) is 18.4 Å². The highest BCUT2D eigenvalue weighted by Crippen LogP contribution is 2.33. The van der Waals surface area contributed by atoms with Gasteiger partial charge in [0, 0.05) is 23.7 Å². The van der Waals surface area contributed by atoms with Crippen molar-refractivity contribution >= 4 is 46.4 Å². The fourth-order valence-electron chi connectivity index (χ4n) is 2.99. The molecule has 130 valence electrons. The number of hydrogen-bond acceptors (Lipinski definition) is 2. The molecular weight excluding hydrogens is 359 g/mol. The van der Waals surface area contributed by atoms with E-state index in [1.165, 1.54) is 4.90 Å². The Morgan fingerprint density at radius 2 is 2.00 bits per heavy atom. The Labute approximate surface area is 156 Å². The van der Waals surface area contributed by atoms with Crippen LogP contribution in [0.15, 0.2) is 42.5 Å². The zero-order valence-corrected chi connectivity index (χ0v) is 15.3. The van der Waals surface area contributed by atoms with Gasteiger partial charge in [0.1, 0.15) is 0 Å². The van der Waals surface area contributed by atoms with E-state index in [9.17, 15) is 9.59 Å². The quantitative estimate of drug-likeness (QED) is 0.850. The molecule has 2 aromatic rings. The van der Waals surface area contributed by atoms with Gasteiger partial charge in [-0.15, -0.1) is 0 Å². The molecule has 0 unspecified atom stereocenters. The first-order valence-electron chi connectivity index (χ1n) is 8.13. The van der Waals surface area contributed by atoms with Crippen LogP contribution in [0.5, 0.6) is 0 Å². The smallest absolute Gasteiger partial charge is 0.229 e. The average molecular weight is 377 g/mol. The van der Waals surface area contributed by atoms with E-state index < -0.39 is 5.92 Å². The second-order valence-electron chi connectivity index (χ2n) is 6.00. The minimum absolute atomic E-state index is 0.131. The third kappa shape index (κ3) is 3.80. The van der Waals surface area contributed by atoms with Crippen LogP contribution >= 0.6 is 23.2 Å². The van der Waals surface area contributed by atoms with Gasteiger partial charge in [-0.2, -0.15) is 0 Å². The zero-order valence-electron chi connectivity index (χ0n) is 13.8. The molecule has 1 atom stereocenters. The van der Waals surface area contributed by atoms with Crippen LogP contribution in [0.3, 0.4) is 0 Å². The summed E-state index contributed by atoms with van der Waals surface area (Å²) >= 11 is 12.2. The van der Waals surface area contributed by atoms with Crippen LogP contribution in [0.4, 0.5) is 11.4 Å². The molecule has 1 saturated heterocycles. The molecular formula is C19H18Cl2N2O2. The van der Waals surface area contributed by atoms with Crippen LogP contribution in [-0.2, 0) is 16.0 Å². The predicted octanol–water partition coefficient (Wildman–Crippen LogP) is 4.55. The Morgan fingerprint density at radius 1 is 1.24 bits per heavy atom. The van der Waals surface area contributed by atoms with Crippen molar-refractivity contribution in [3.05, 3.63) is 58.1 Å². The number of aryl methyl sites for hydroxylation is 1. The molecule has 3 rings (SSSR count). The highest BCUT2D eigenvalue weighted by molar-refractivity contribution is 6.36. The van der Waals surface area contributed by atoms with Crippen molar-refractivity contribution in [3.63, 3.8) is 0 Å². The summed E-state index contributed by atoms with van der Waals surface area (Å²) in [6.45, 7) is 2.33. The maximum Gasteiger partial charge on any atom is 0.229 e. The van der Waals surface area contributed by atoms with Gasteiger partial charge >= 0.3 is 0 Å². The molecule has 2 amide bonds. The van der Waals surface area contributed by atoms with Crippen molar-refractivity contribution in [2.24, 2.45) is 5.92 Å². The lowest BCUT2D eigenvalue weighted by atomic mass is 10.1. The van der Waals surface area contributed by atoms with Gasteiger partial charge in [-0.1, -0.05) is 48.3 Å². The van der Waals surface area contributed by atoms with E-state index in [4.69, 9.17) is 23.2 Å². The molecule has 0 radical (unpaired) electrons. The van der Waals surface area contributed by atoms with E-state index in [1.807, 2.05) is 31.2 Å². The first-order chi connectivity index (χ1) is 12.0. The Balaban J connectivity index is 1.76. The number of para-hydroxylation sites is 1. The van der Waals surface area contributed by atoms with Crippen molar-refractivity contribution in [1.82, 2.24) is 0 Å². The van der Waals surface area contributed by atoms with Gasteiger partial charge in [0.2, 0.25) is 11.8 Å². The molecule has 1 heterocycles. The second-order valence-corrected chi connectivity index (χ2v) is 6.84. The Bertz CT molecular complexity index is 823. The third-order valence-electron chi connectivity index (χ3n) is 4.35. The van der Waals surface area contributed by atoms with Gasteiger partial charge in [-0.05, 0) is 36.2 Å². The SMILES string of the molecule is CCc1ccccc1NC(=O)[C@@H]1CC(=O)N(c2cc(Cl)ccc2Cl)C1. The summed E-state index contributed by atoms with van der Waals surface area (Å²) in [7, 11) is 0. The number of carbonyl (C=O) groups excluding carboxylic acids is 2. The minimum atomic E-state index is -0.424. The number of rotatable bonds is 4. The number of hydrogen-bond donors (Lipinski definition) is 1. The van der Waals surface area contributed by atoms with E-state index in [0.717, 1.165) is 17.7 Å². The molecule has 0 aromatic heterocycles. The van der Waals surface area contributed by atoms with Crippen LogP contribution in [0, 0.1) is 5.92 Å². The molecule has 1 fully saturated rings. The zero-order chi connectivity index (χ0) is 18.0. The Kier molecular flexibility index (Phi) is 5.30. The number of nitrogens with zero attached hydrogens (tertiary/aromatic N) is 1. The Hall–Kier alpha value is -2.04. The van der Waals surface area contributed by atoms with Crippen molar-refractivity contribution in [3.8, 4) is 0 Å². The highest BCUT2D eigenvalue weighted by Gasteiger charge is 2.36. The Morgan fingerprint density at radius 3 is 2.76 bits per heavy atom. The lowest BCUT2D eigenvalue weighted by Gasteiger charge is -2.18. The number of amides is 2. The molecule has 0 saturated carbocycles. The monoisotopic (exact) mass is 376 g/mol. The van der Waals surface area contributed by atoms with E-state index in [2.05, 4.69) is 5.32 Å². The lowest BCUT2D eigenvalue weighted by molar-refractivity contribution is -0.122. The molecule has 0 spiro atoms. The standard InChI is InChI=1S/C19H18Cl2N2O2/c1-2-12-5-3-4-6-16(12)22-19(25)13-9-18(24)23(11-13)17-10-14(20)7-8-15(17)21/h3-8,10,13H,2,9,11H2,1H3,(H,22,25)/t13-/m1/s1. The summed E-state index contributed by atoms with van der Waals surface area (Å²) in [4.78, 5) is 26.5. The van der Waals surface area contributed by atoms with Gasteiger partial charge in [0.15, 0.2) is 0 Å². The molecule has 4 nitrogen and oxygen atoms in total. The summed E-state index contributed by atoms with van der Waals surface area (Å²) < 4.78 is 0. The summed E-state index contributed by atoms with van der Waals surface area (Å²) in [5.41, 5.74) is 2.40. The van der Waals surface area contributed by atoms with Gasteiger partial charge in [0.25, 0.3) is 0 Å². The van der Waals surface area contributed by atoms with Crippen molar-refractivity contribution in [2.45, 2.75) is 19.8 Å². The first-order valence-corrected chi connectivity index (χ1v) is 8.89. The fourth-order valence-corrected chi connectivity index (χ4v) is 3.38. The molecule has 1 aliphatic heterocycles. The summed E-state index contributed by atoms with van der Waals surface area (Å²) in [5, 5.41) is 3.88. The average Bonchev–Trinajstić information content (AvgIpc) is 2.99. The predicted molar refractivity (Wildman–Crippen MR) is 101 cm³/mol. The molecule has 1 N–H and O–H groups in total. The third-order valence-corrected chi connectivity index (χ3v) is 4.91. The van der Waals surface area contributed by atoms with Gasteiger partial charge in [-0.3, -0.25) is 9.59 Å². The maximum atomic E-state index is 12.6. The number of halogens is 2. The minimum Gasteiger partial charge on any atom is -0.326 e. The lowest BCUT2D eigenvalue weighted by Crippen LogP contribution is -2.28. The number of carbonyl (C=O) groups is 2. The van der Waals surface area contributed by atoms with Crippen LogP contribution in [0.2, 0.25) is 10.0 Å². The van der Waals surface area contributed by atoms with E-state index in [1.54, 1.807) is 18.2 Å². The molecule has 0 aliphatic carbocycles. The second kappa shape index (κ2) is 7.46. The molecule has 25 heavy (non-hydrogen) atoms. The first kappa shape index (κ1) is 17.8. The van der Waals surface area contributed by atoms with Crippen molar-refractivity contribution in [1.29, 1.82) is 0 Å². The van der Waals surface area contributed by atoms with Gasteiger partial charge in [-0.25, -0.2) is 0 Å². The summed E-state index contributed by atoms with van der Waals surface area (Å²) in [5.74, 6) is -0.713. The van der Waals surface area contributed by atoms with Crippen molar-refractivity contribution < 1.29 is 9.59 Å². The van der Waals surface area contributed by atoms with E-state index >= 15 is 0 Å². The number of nitrogens with one attached hydrogen (secondary N) is 1. The molecule has 6 heteroatoms. The largest absolute Gasteiger partial charge is 0.326 e. The normalized spacial score (nSPS) is 17.0. The van der Waals surface area contributed by atoms with Crippen LogP contribution in [0.25, 0.3) is 0 Å². The van der Waals surface area contributed by atoms with E-state index in [0.29, 0.717) is 22.3 Å². The van der Waals surface area contributed by atoms with Crippen LogP contribution < -0.4 is 10.2 Å². The molecule has 1 aliphatic rings.